The minimum Gasteiger partial charge on any atom is -0.453 e. The van der Waals surface area contributed by atoms with Gasteiger partial charge in [-0.25, -0.2) is 13.7 Å². The second kappa shape index (κ2) is 11.3. The molecule has 0 unspecified atom stereocenters. The zero-order chi connectivity index (χ0) is 20.4. The molecule has 1 aromatic rings. The molecule has 0 bridgehead atoms. The highest BCUT2D eigenvalue weighted by Gasteiger charge is 2.33. The molecule has 0 saturated carbocycles. The van der Waals surface area contributed by atoms with Gasteiger partial charge < -0.3 is 10.3 Å². The van der Waals surface area contributed by atoms with E-state index in [0.29, 0.717) is 11.3 Å². The van der Waals surface area contributed by atoms with E-state index in [2.05, 4.69) is 16.1 Å². The number of aryl methyl sites for hydroxylation is 1. The number of nitrogens with zero attached hydrogens (tertiary/aromatic N) is 2. The molecule has 0 amide bonds. The summed E-state index contributed by atoms with van der Waals surface area (Å²) in [5.74, 6) is -1.50. The Kier molecular flexibility index (Phi) is 9.50. The predicted octanol–water partition coefficient (Wildman–Crippen LogP) is 2.38. The van der Waals surface area contributed by atoms with Crippen LogP contribution in [0.1, 0.15) is 32.3 Å². The Morgan fingerprint density at radius 3 is 2.48 bits per heavy atom. The summed E-state index contributed by atoms with van der Waals surface area (Å²) in [4.78, 5) is 27.5. The van der Waals surface area contributed by atoms with Crippen LogP contribution in [0.15, 0.2) is 41.8 Å². The maximum absolute atomic E-state index is 12.6. The van der Waals surface area contributed by atoms with Crippen molar-refractivity contribution in [3.05, 3.63) is 48.0 Å². The van der Waals surface area contributed by atoms with Gasteiger partial charge in [0.1, 0.15) is 17.6 Å². The minimum atomic E-state index is -1.52. The molecule has 0 aliphatic rings. The Bertz CT molecular complexity index is 753. The molecule has 0 aliphatic carbocycles. The van der Waals surface area contributed by atoms with Gasteiger partial charge in [0.25, 0.3) is 5.78 Å². The number of carbonyl (C=O) groups excluding carboxylic acids is 2. The SMILES string of the molecule is C=CCOC(=O)C(=[N+]=[N-])C(=O)C[C@H](CC(C)C)N[S@@](=O)c1ccc(C)cc1. The number of ketones is 1. The van der Waals surface area contributed by atoms with Crippen molar-refractivity contribution in [1.82, 2.24) is 4.72 Å². The molecule has 0 aromatic heterocycles. The Labute approximate surface area is 162 Å². The molecular weight excluding hydrogens is 366 g/mol. The fourth-order valence-electron chi connectivity index (χ4n) is 2.36. The number of ether oxygens (including phenoxy) is 1. The van der Waals surface area contributed by atoms with Gasteiger partial charge in [0, 0.05) is 12.5 Å². The van der Waals surface area contributed by atoms with E-state index in [4.69, 9.17) is 10.3 Å². The van der Waals surface area contributed by atoms with Gasteiger partial charge in [0.2, 0.25) is 0 Å². The van der Waals surface area contributed by atoms with Gasteiger partial charge in [-0.05, 0) is 31.4 Å². The number of esters is 1. The zero-order valence-electron chi connectivity index (χ0n) is 15.8. The maximum atomic E-state index is 12.6. The lowest BCUT2D eigenvalue weighted by molar-refractivity contribution is -0.141. The minimum absolute atomic E-state index is 0.101. The van der Waals surface area contributed by atoms with Gasteiger partial charge in [0.15, 0.2) is 0 Å². The fraction of sp³-hybridized carbons (Fsp3) is 0.421. The average molecular weight is 391 g/mol. The van der Waals surface area contributed by atoms with Crippen molar-refractivity contribution >= 4 is 28.4 Å². The summed E-state index contributed by atoms with van der Waals surface area (Å²) < 4.78 is 20.2. The summed E-state index contributed by atoms with van der Waals surface area (Å²) in [6.45, 7) is 9.16. The number of rotatable bonds is 11. The molecular formula is C19H25N3O4S. The van der Waals surface area contributed by atoms with Crippen molar-refractivity contribution in [2.75, 3.05) is 6.61 Å². The van der Waals surface area contributed by atoms with E-state index < -0.39 is 34.5 Å². The standard InChI is InChI=1S/C19H25N3O4S/c1-5-10-26-19(24)18(21-20)17(23)12-15(11-13(2)3)22-27(25)16-8-6-14(4)7-9-16/h5-9,13,15,22H,1,10-12H2,2-4H3/t15-,27-/m0/s1. The Balaban J connectivity index is 2.86. The summed E-state index contributed by atoms with van der Waals surface area (Å²) in [7, 11) is -1.52. The molecule has 0 saturated heterocycles. The van der Waals surface area contributed by atoms with Crippen LogP contribution in [0.2, 0.25) is 0 Å². The quantitative estimate of drug-likeness (QED) is 0.156. The number of carbonyl (C=O) groups is 2. The third kappa shape index (κ3) is 7.78. The summed E-state index contributed by atoms with van der Waals surface area (Å²) in [6.07, 6.45) is 1.73. The summed E-state index contributed by atoms with van der Waals surface area (Å²) in [5, 5.41) is 0. The first kappa shape index (κ1) is 22.6. The van der Waals surface area contributed by atoms with Crippen LogP contribution >= 0.6 is 0 Å². The average Bonchev–Trinajstić information content (AvgIpc) is 2.60. The van der Waals surface area contributed by atoms with E-state index in [0.717, 1.165) is 5.56 Å². The van der Waals surface area contributed by atoms with Crippen LogP contribution in [-0.4, -0.2) is 39.1 Å². The molecule has 0 radical (unpaired) electrons. The third-order valence-electron chi connectivity index (χ3n) is 3.59. The van der Waals surface area contributed by atoms with Crippen LogP contribution in [-0.2, 0) is 25.3 Å². The van der Waals surface area contributed by atoms with Gasteiger partial charge >= 0.3 is 11.7 Å². The van der Waals surface area contributed by atoms with E-state index in [9.17, 15) is 13.8 Å². The van der Waals surface area contributed by atoms with Crippen LogP contribution in [0.5, 0.6) is 0 Å². The molecule has 27 heavy (non-hydrogen) atoms. The molecule has 8 heteroatoms. The Morgan fingerprint density at radius 2 is 1.96 bits per heavy atom. The molecule has 7 nitrogen and oxygen atoms in total. The highest BCUT2D eigenvalue weighted by Crippen LogP contribution is 2.13. The summed E-state index contributed by atoms with van der Waals surface area (Å²) in [6, 6.07) is 6.73. The van der Waals surface area contributed by atoms with Crippen LogP contribution in [0.25, 0.3) is 5.53 Å². The largest absolute Gasteiger partial charge is 0.453 e. The van der Waals surface area contributed by atoms with Gasteiger partial charge in [-0.15, -0.1) is 0 Å². The Morgan fingerprint density at radius 1 is 1.33 bits per heavy atom. The van der Waals surface area contributed by atoms with Gasteiger partial charge in [-0.3, -0.25) is 4.79 Å². The predicted molar refractivity (Wildman–Crippen MR) is 103 cm³/mol. The normalized spacial score (nSPS) is 12.7. The molecule has 1 rings (SSSR count). The van der Waals surface area contributed by atoms with Crippen LogP contribution in [0.3, 0.4) is 0 Å². The van der Waals surface area contributed by atoms with Gasteiger partial charge in [-0.2, -0.15) is 4.79 Å². The van der Waals surface area contributed by atoms with Crippen molar-refractivity contribution in [2.24, 2.45) is 5.92 Å². The van der Waals surface area contributed by atoms with Crippen LogP contribution in [0.4, 0.5) is 0 Å². The zero-order valence-corrected chi connectivity index (χ0v) is 16.6. The number of benzene rings is 1. The van der Waals surface area contributed by atoms with E-state index in [1.165, 1.54) is 6.08 Å². The van der Waals surface area contributed by atoms with E-state index in [1.807, 2.05) is 32.9 Å². The van der Waals surface area contributed by atoms with E-state index in [1.54, 1.807) is 12.1 Å². The molecule has 0 fully saturated rings. The van der Waals surface area contributed by atoms with Crippen molar-refractivity contribution in [1.29, 1.82) is 0 Å². The van der Waals surface area contributed by atoms with Crippen molar-refractivity contribution in [3.8, 4) is 0 Å². The van der Waals surface area contributed by atoms with E-state index >= 15 is 0 Å². The van der Waals surface area contributed by atoms with Crippen molar-refractivity contribution < 1.29 is 23.3 Å². The first-order chi connectivity index (χ1) is 12.8. The van der Waals surface area contributed by atoms with E-state index in [-0.39, 0.29) is 18.9 Å². The first-order valence-corrected chi connectivity index (χ1v) is 9.71. The summed E-state index contributed by atoms with van der Waals surface area (Å²) >= 11 is 0. The second-order valence-corrected chi connectivity index (χ2v) is 7.73. The van der Waals surface area contributed by atoms with Crippen LogP contribution < -0.4 is 4.72 Å². The lowest BCUT2D eigenvalue weighted by Gasteiger charge is -2.18. The molecule has 0 aliphatic heterocycles. The second-order valence-electron chi connectivity index (χ2n) is 6.49. The van der Waals surface area contributed by atoms with Gasteiger partial charge in [-0.1, -0.05) is 44.2 Å². The molecule has 146 valence electrons. The topological polar surface area (TPSA) is 109 Å². The third-order valence-corrected chi connectivity index (χ3v) is 4.83. The Hall–Kier alpha value is -2.41. The number of Topliss-reactive ketones (excluding diaryl/α,β-unsaturated/α-hetero) is 1. The highest BCUT2D eigenvalue weighted by atomic mass is 32.2. The number of hydrogen-bond acceptors (Lipinski definition) is 4. The molecule has 2 atom stereocenters. The van der Waals surface area contributed by atoms with Crippen LogP contribution in [0, 0.1) is 12.8 Å². The van der Waals surface area contributed by atoms with Crippen molar-refractivity contribution in [2.45, 2.75) is 44.6 Å². The molecule has 1 N–H and O–H groups in total. The smallest absolute Gasteiger partial charge is 0.441 e. The highest BCUT2D eigenvalue weighted by molar-refractivity contribution is 7.83. The summed E-state index contributed by atoms with van der Waals surface area (Å²) in [5.41, 5.74) is 9.37. The first-order valence-electron chi connectivity index (χ1n) is 8.56. The lowest BCUT2D eigenvalue weighted by Crippen LogP contribution is -2.38. The van der Waals surface area contributed by atoms with Crippen molar-refractivity contribution in [3.63, 3.8) is 0 Å². The number of hydrogen-bond donors (Lipinski definition) is 1. The molecule has 0 heterocycles. The lowest BCUT2D eigenvalue weighted by atomic mass is 9.98. The fourth-order valence-corrected chi connectivity index (χ4v) is 3.36. The molecule has 1 aromatic carbocycles. The monoisotopic (exact) mass is 391 g/mol. The molecule has 0 spiro atoms. The van der Waals surface area contributed by atoms with Gasteiger partial charge in [0.05, 0.1) is 4.90 Å². The number of nitrogens with one attached hydrogen (secondary N) is 1. The maximum Gasteiger partial charge on any atom is 0.441 e.